The van der Waals surface area contributed by atoms with Crippen LogP contribution >= 0.6 is 0 Å². The Balaban J connectivity index is 1.04. The van der Waals surface area contributed by atoms with Crippen LogP contribution in [0.25, 0.3) is 71.6 Å². The monoisotopic (exact) mass is 754 g/mol. The van der Waals surface area contributed by atoms with Gasteiger partial charge in [-0.1, -0.05) is 152 Å². The molecule has 0 saturated heterocycles. The lowest BCUT2D eigenvalue weighted by Crippen LogP contribution is -2.16. The summed E-state index contributed by atoms with van der Waals surface area (Å²) in [6, 6.07) is 77.0. The second kappa shape index (κ2) is 13.5. The first kappa shape index (κ1) is 33.5. The van der Waals surface area contributed by atoms with E-state index in [1.54, 1.807) is 0 Å². The molecule has 0 spiro atoms. The molecule has 278 valence electrons. The van der Waals surface area contributed by atoms with Crippen LogP contribution in [-0.2, 0) is 6.42 Å². The van der Waals surface area contributed by atoms with Crippen molar-refractivity contribution in [2.45, 2.75) is 12.3 Å². The molecule has 0 fully saturated rings. The van der Waals surface area contributed by atoms with E-state index in [9.17, 15) is 0 Å². The molecule has 2 aromatic heterocycles. The fraction of sp³-hybridized carbons (Fsp3) is 0.0357. The van der Waals surface area contributed by atoms with Crippen molar-refractivity contribution in [2.24, 2.45) is 0 Å². The van der Waals surface area contributed by atoms with E-state index in [0.29, 0.717) is 0 Å². The molecular weight excluding hydrogens is 717 g/mol. The molecule has 1 aliphatic carbocycles. The molecule has 0 amide bonds. The van der Waals surface area contributed by atoms with Gasteiger partial charge in [0, 0.05) is 45.0 Å². The number of anilines is 3. The highest BCUT2D eigenvalue weighted by molar-refractivity contribution is 6.13. The van der Waals surface area contributed by atoms with Crippen LogP contribution in [0.4, 0.5) is 17.1 Å². The van der Waals surface area contributed by atoms with Crippen molar-refractivity contribution >= 4 is 60.7 Å². The molecule has 0 radical (unpaired) electrons. The van der Waals surface area contributed by atoms with Crippen LogP contribution in [0, 0.1) is 0 Å². The number of hydrogen-bond donors (Lipinski definition) is 0. The van der Waals surface area contributed by atoms with Crippen molar-refractivity contribution in [2.75, 3.05) is 4.90 Å². The smallest absolute Gasteiger partial charge is 0.137 e. The Hall–Kier alpha value is -7.62. The summed E-state index contributed by atoms with van der Waals surface area (Å²) in [7, 11) is 0. The van der Waals surface area contributed by atoms with Crippen LogP contribution in [0.2, 0.25) is 0 Å². The van der Waals surface area contributed by atoms with E-state index in [0.717, 1.165) is 51.1 Å². The molecule has 3 heteroatoms. The first-order valence-corrected chi connectivity index (χ1v) is 20.4. The van der Waals surface area contributed by atoms with Crippen LogP contribution in [-0.4, -0.2) is 4.57 Å². The van der Waals surface area contributed by atoms with Crippen LogP contribution < -0.4 is 4.90 Å². The minimum atomic E-state index is 0.205. The predicted molar refractivity (Wildman–Crippen MR) is 246 cm³/mol. The van der Waals surface area contributed by atoms with Gasteiger partial charge in [0.15, 0.2) is 0 Å². The number of hydrogen-bond acceptors (Lipinski definition) is 2. The molecule has 0 bridgehead atoms. The molecule has 1 aliphatic rings. The lowest BCUT2D eigenvalue weighted by molar-refractivity contribution is 0.669. The molecular formula is C56H38N2O. The number of aromatic nitrogens is 1. The zero-order chi connectivity index (χ0) is 38.9. The van der Waals surface area contributed by atoms with Crippen LogP contribution in [0.15, 0.2) is 217 Å². The van der Waals surface area contributed by atoms with Gasteiger partial charge in [-0.25, -0.2) is 0 Å². The highest BCUT2D eigenvalue weighted by Crippen LogP contribution is 2.49. The van der Waals surface area contributed by atoms with Crippen LogP contribution in [0.5, 0.6) is 0 Å². The molecule has 3 nitrogen and oxygen atoms in total. The van der Waals surface area contributed by atoms with E-state index in [1.165, 1.54) is 60.8 Å². The number of benzene rings is 9. The fourth-order valence-electron chi connectivity index (χ4n) is 9.76. The first-order valence-electron chi connectivity index (χ1n) is 20.4. The van der Waals surface area contributed by atoms with Gasteiger partial charge in [-0.05, 0) is 106 Å². The summed E-state index contributed by atoms with van der Waals surface area (Å²) < 4.78 is 8.96. The molecule has 0 aliphatic heterocycles. The Kier molecular flexibility index (Phi) is 7.67. The van der Waals surface area contributed by atoms with Crippen molar-refractivity contribution in [1.82, 2.24) is 4.57 Å². The third kappa shape index (κ3) is 5.36. The minimum absolute atomic E-state index is 0.205. The molecule has 2 heterocycles. The van der Waals surface area contributed by atoms with Crippen molar-refractivity contribution in [1.29, 1.82) is 0 Å². The van der Waals surface area contributed by atoms with Crippen molar-refractivity contribution in [3.63, 3.8) is 0 Å². The zero-order valence-corrected chi connectivity index (χ0v) is 32.3. The Morgan fingerprint density at radius 3 is 1.95 bits per heavy atom. The molecule has 9 aromatic carbocycles. The second-order valence-corrected chi connectivity index (χ2v) is 15.6. The Labute approximate surface area is 342 Å². The fourth-order valence-corrected chi connectivity index (χ4v) is 9.76. The van der Waals surface area contributed by atoms with Gasteiger partial charge in [0.2, 0.25) is 0 Å². The van der Waals surface area contributed by atoms with E-state index < -0.39 is 0 Å². The van der Waals surface area contributed by atoms with Gasteiger partial charge in [0.1, 0.15) is 11.2 Å². The first-order chi connectivity index (χ1) is 29.3. The maximum atomic E-state index is 6.44. The van der Waals surface area contributed by atoms with Gasteiger partial charge >= 0.3 is 0 Å². The normalized spacial score (nSPS) is 13.5. The van der Waals surface area contributed by atoms with Gasteiger partial charge in [0.05, 0.1) is 16.6 Å². The zero-order valence-electron chi connectivity index (χ0n) is 32.3. The average Bonchev–Trinajstić information content (AvgIpc) is 3.87. The van der Waals surface area contributed by atoms with Gasteiger partial charge < -0.3 is 13.9 Å². The van der Waals surface area contributed by atoms with Gasteiger partial charge in [-0.2, -0.15) is 0 Å². The standard InChI is InChI=1S/C56H38N2O/c1-2-14-38(15-3-1)49-36-40-17-5-7-20-46(40)54-47-21-8-10-24-50(47)58(56(49)54)43-34-32-42(33-35-43)57(51-25-13-27-53-55(51)48-22-9-11-26-52(48)59-53)41-30-28-39(29-31-41)45-23-12-18-37-16-4-6-19-44(37)45/h1-35,49H,36H2. The minimum Gasteiger partial charge on any atom is -0.456 e. The molecule has 59 heavy (non-hydrogen) atoms. The summed E-state index contributed by atoms with van der Waals surface area (Å²) >= 11 is 0. The second-order valence-electron chi connectivity index (χ2n) is 15.6. The quantitative estimate of drug-likeness (QED) is 0.169. The summed E-state index contributed by atoms with van der Waals surface area (Å²) in [5, 5.41) is 5.98. The molecule has 12 rings (SSSR count). The summed E-state index contributed by atoms with van der Waals surface area (Å²) in [4.78, 5) is 2.38. The van der Waals surface area contributed by atoms with Gasteiger partial charge in [0.25, 0.3) is 0 Å². The highest BCUT2D eigenvalue weighted by Gasteiger charge is 2.32. The predicted octanol–water partition coefficient (Wildman–Crippen LogP) is 15.2. The number of fused-ring (bicyclic) bond motifs is 9. The Morgan fingerprint density at radius 2 is 1.10 bits per heavy atom. The molecule has 11 aromatic rings. The van der Waals surface area contributed by atoms with Crippen molar-refractivity contribution < 1.29 is 4.42 Å². The topological polar surface area (TPSA) is 21.3 Å². The van der Waals surface area contributed by atoms with E-state index in [2.05, 4.69) is 216 Å². The van der Waals surface area contributed by atoms with Crippen molar-refractivity contribution in [3.8, 4) is 27.9 Å². The van der Waals surface area contributed by atoms with E-state index in [4.69, 9.17) is 4.42 Å². The van der Waals surface area contributed by atoms with Gasteiger partial charge in [-0.3, -0.25) is 0 Å². The molecule has 0 saturated carbocycles. The third-order valence-corrected chi connectivity index (χ3v) is 12.4. The van der Waals surface area contributed by atoms with E-state index in [-0.39, 0.29) is 5.92 Å². The summed E-state index contributed by atoms with van der Waals surface area (Å²) in [5.41, 5.74) is 16.5. The lowest BCUT2D eigenvalue weighted by atomic mass is 9.78. The Bertz CT molecular complexity index is 3350. The van der Waals surface area contributed by atoms with Crippen LogP contribution in [0.3, 0.4) is 0 Å². The van der Waals surface area contributed by atoms with E-state index >= 15 is 0 Å². The van der Waals surface area contributed by atoms with Crippen molar-refractivity contribution in [3.05, 3.63) is 229 Å². The van der Waals surface area contributed by atoms with Gasteiger partial charge in [-0.15, -0.1) is 0 Å². The lowest BCUT2D eigenvalue weighted by Gasteiger charge is -2.29. The summed E-state index contributed by atoms with van der Waals surface area (Å²) in [5.74, 6) is 0.205. The SMILES string of the molecule is c1ccc(C2Cc3ccccc3-c3c2n(-c2ccc(N(c4ccc(-c5cccc6ccccc56)cc4)c4cccc5oc6ccccc6c45)cc2)c2ccccc32)cc1. The number of furan rings is 1. The maximum Gasteiger partial charge on any atom is 0.137 e. The third-order valence-electron chi connectivity index (χ3n) is 12.4. The highest BCUT2D eigenvalue weighted by atomic mass is 16.3. The molecule has 1 unspecified atom stereocenters. The van der Waals surface area contributed by atoms with Crippen LogP contribution in [0.1, 0.15) is 22.7 Å². The number of para-hydroxylation sites is 2. The molecule has 0 N–H and O–H groups in total. The largest absolute Gasteiger partial charge is 0.456 e. The maximum absolute atomic E-state index is 6.44. The average molecular weight is 755 g/mol. The molecule has 1 atom stereocenters. The Morgan fingerprint density at radius 1 is 0.475 bits per heavy atom. The van der Waals surface area contributed by atoms with E-state index in [1.807, 2.05) is 6.07 Å². The number of rotatable bonds is 6. The summed E-state index contributed by atoms with van der Waals surface area (Å²) in [6.45, 7) is 0. The number of nitrogens with zero attached hydrogens (tertiary/aromatic N) is 2. The summed E-state index contributed by atoms with van der Waals surface area (Å²) in [6.07, 6.45) is 0.951.